The van der Waals surface area contributed by atoms with Crippen molar-refractivity contribution < 1.29 is 4.79 Å². The lowest BCUT2D eigenvalue weighted by molar-refractivity contribution is 0.100. The van der Waals surface area contributed by atoms with Gasteiger partial charge in [-0.2, -0.15) is 4.37 Å². The summed E-state index contributed by atoms with van der Waals surface area (Å²) in [6, 6.07) is 0. The average molecular weight is 268 g/mol. The summed E-state index contributed by atoms with van der Waals surface area (Å²) in [4.78, 5) is 13.6. The van der Waals surface area contributed by atoms with Gasteiger partial charge in [0.2, 0.25) is 0 Å². The van der Waals surface area contributed by atoms with Crippen LogP contribution < -0.4 is 16.4 Å². The molecule has 1 unspecified atom stereocenters. The Morgan fingerprint density at radius 2 is 2.17 bits per heavy atom. The number of hydrogen-bond donors (Lipinski definition) is 2. The van der Waals surface area contributed by atoms with E-state index in [1.807, 2.05) is 0 Å². The number of carbonyl (C=O) groups excluding carboxylic acids is 1. The Morgan fingerprint density at radius 1 is 1.50 bits per heavy atom. The van der Waals surface area contributed by atoms with Gasteiger partial charge in [0, 0.05) is 13.1 Å². The Balaban J connectivity index is 2.22. The number of nitrogens with two attached hydrogens (primary N) is 2. The van der Waals surface area contributed by atoms with Gasteiger partial charge in [0.15, 0.2) is 5.82 Å². The van der Waals surface area contributed by atoms with Crippen LogP contribution in [0.3, 0.4) is 0 Å². The Morgan fingerprint density at radius 3 is 2.67 bits per heavy atom. The molecule has 1 saturated heterocycles. The molecule has 2 rings (SSSR count). The number of nitrogens with zero attached hydrogens (tertiary/aromatic N) is 2. The highest BCUT2D eigenvalue weighted by Crippen LogP contribution is 2.39. The highest BCUT2D eigenvalue weighted by Gasteiger charge is 2.34. The minimum Gasteiger partial charge on any atom is -0.382 e. The van der Waals surface area contributed by atoms with E-state index < -0.39 is 5.91 Å². The number of nitrogen functional groups attached to an aromatic ring is 1. The van der Waals surface area contributed by atoms with Crippen molar-refractivity contribution in [3.05, 3.63) is 5.56 Å². The molecule has 6 heteroatoms. The molecule has 100 valence electrons. The number of amides is 1. The standard InChI is InChI=1S/C12H20N4OS/c1-12(2,3)7-4-5-16(6-7)11-8(10(14)17)9(13)15-18-11/h7H,4-6H2,1-3H3,(H2,13,15)(H2,14,17). The Kier molecular flexibility index (Phi) is 3.23. The highest BCUT2D eigenvalue weighted by molar-refractivity contribution is 7.11. The second kappa shape index (κ2) is 4.42. The lowest BCUT2D eigenvalue weighted by Crippen LogP contribution is -2.27. The molecule has 2 heterocycles. The van der Waals surface area contributed by atoms with Crippen molar-refractivity contribution >= 4 is 28.3 Å². The van der Waals surface area contributed by atoms with Crippen molar-refractivity contribution in [3.63, 3.8) is 0 Å². The van der Waals surface area contributed by atoms with Gasteiger partial charge in [-0.1, -0.05) is 20.8 Å². The van der Waals surface area contributed by atoms with Crippen LogP contribution >= 0.6 is 11.5 Å². The smallest absolute Gasteiger partial charge is 0.255 e. The second-order valence-corrected chi connectivity index (χ2v) is 6.66. The first-order chi connectivity index (χ1) is 8.30. The molecule has 1 atom stereocenters. The van der Waals surface area contributed by atoms with Gasteiger partial charge >= 0.3 is 0 Å². The molecule has 1 aliphatic heterocycles. The van der Waals surface area contributed by atoms with E-state index in [2.05, 4.69) is 30.0 Å². The van der Waals surface area contributed by atoms with E-state index >= 15 is 0 Å². The molecule has 1 aromatic rings. The number of anilines is 2. The monoisotopic (exact) mass is 268 g/mol. The van der Waals surface area contributed by atoms with Crippen molar-refractivity contribution in [1.29, 1.82) is 0 Å². The van der Waals surface area contributed by atoms with E-state index in [0.717, 1.165) is 24.5 Å². The lowest BCUT2D eigenvalue weighted by atomic mass is 9.80. The Bertz CT molecular complexity index is 463. The molecule has 5 nitrogen and oxygen atoms in total. The minimum atomic E-state index is -0.490. The van der Waals surface area contributed by atoms with Crippen LogP contribution in [0, 0.1) is 11.3 Å². The molecule has 1 aromatic heterocycles. The highest BCUT2D eigenvalue weighted by atomic mass is 32.1. The summed E-state index contributed by atoms with van der Waals surface area (Å²) in [5.74, 6) is 0.374. The first-order valence-electron chi connectivity index (χ1n) is 6.10. The Labute approximate surface area is 111 Å². The van der Waals surface area contributed by atoms with Crippen LogP contribution in [0.25, 0.3) is 0 Å². The largest absolute Gasteiger partial charge is 0.382 e. The zero-order valence-corrected chi connectivity index (χ0v) is 11.9. The van der Waals surface area contributed by atoms with E-state index in [0.29, 0.717) is 11.5 Å². The van der Waals surface area contributed by atoms with Gasteiger partial charge in [-0.25, -0.2) is 0 Å². The number of rotatable bonds is 2. The summed E-state index contributed by atoms with van der Waals surface area (Å²) in [5, 5.41) is 0.826. The first kappa shape index (κ1) is 13.1. The van der Waals surface area contributed by atoms with E-state index in [-0.39, 0.29) is 11.2 Å². The minimum absolute atomic E-state index is 0.252. The third-order valence-corrected chi connectivity index (χ3v) is 4.57. The van der Waals surface area contributed by atoms with Gasteiger partial charge < -0.3 is 16.4 Å². The average Bonchev–Trinajstić information content (AvgIpc) is 2.81. The van der Waals surface area contributed by atoms with Crippen molar-refractivity contribution in [2.45, 2.75) is 27.2 Å². The molecule has 18 heavy (non-hydrogen) atoms. The molecule has 1 fully saturated rings. The van der Waals surface area contributed by atoms with Crippen LogP contribution in [0.15, 0.2) is 0 Å². The Hall–Kier alpha value is -1.30. The zero-order valence-electron chi connectivity index (χ0n) is 11.1. The molecule has 0 spiro atoms. The second-order valence-electron chi connectivity index (χ2n) is 5.91. The fourth-order valence-corrected chi connectivity index (χ4v) is 3.25. The fraction of sp³-hybridized carbons (Fsp3) is 0.667. The predicted molar refractivity (Wildman–Crippen MR) is 74.8 cm³/mol. The van der Waals surface area contributed by atoms with Crippen molar-refractivity contribution in [2.24, 2.45) is 17.1 Å². The number of aromatic nitrogens is 1. The summed E-state index contributed by atoms with van der Waals surface area (Å²) < 4.78 is 4.05. The molecule has 4 N–H and O–H groups in total. The topological polar surface area (TPSA) is 85.2 Å². The molecule has 0 aromatic carbocycles. The molecular weight excluding hydrogens is 248 g/mol. The third-order valence-electron chi connectivity index (χ3n) is 3.65. The molecule has 0 aliphatic carbocycles. The first-order valence-corrected chi connectivity index (χ1v) is 6.88. The number of carbonyl (C=O) groups is 1. The van der Waals surface area contributed by atoms with Gasteiger partial charge in [0.05, 0.1) is 0 Å². The van der Waals surface area contributed by atoms with Crippen molar-refractivity contribution in [2.75, 3.05) is 23.7 Å². The molecule has 0 radical (unpaired) electrons. The maximum atomic E-state index is 11.4. The van der Waals surface area contributed by atoms with E-state index in [4.69, 9.17) is 11.5 Å². The molecule has 1 aliphatic rings. The van der Waals surface area contributed by atoms with Crippen molar-refractivity contribution in [3.8, 4) is 0 Å². The molecule has 0 saturated carbocycles. The van der Waals surface area contributed by atoms with Gasteiger partial charge in [0.1, 0.15) is 10.6 Å². The summed E-state index contributed by atoms with van der Waals surface area (Å²) >= 11 is 1.26. The van der Waals surface area contributed by atoms with Gasteiger partial charge in [-0.3, -0.25) is 4.79 Å². The summed E-state index contributed by atoms with van der Waals surface area (Å²) in [6.07, 6.45) is 1.12. The zero-order chi connectivity index (χ0) is 13.5. The predicted octanol–water partition coefficient (Wildman–Crippen LogP) is 1.70. The van der Waals surface area contributed by atoms with E-state index in [9.17, 15) is 4.79 Å². The lowest BCUT2D eigenvalue weighted by Gasteiger charge is -2.27. The van der Waals surface area contributed by atoms with Gasteiger partial charge in [0.25, 0.3) is 5.91 Å². The van der Waals surface area contributed by atoms with Crippen LogP contribution in [0.1, 0.15) is 37.6 Å². The molecule has 1 amide bonds. The van der Waals surface area contributed by atoms with Crippen LogP contribution in [0.2, 0.25) is 0 Å². The van der Waals surface area contributed by atoms with Gasteiger partial charge in [-0.15, -0.1) is 0 Å². The van der Waals surface area contributed by atoms with Crippen LogP contribution in [0.5, 0.6) is 0 Å². The van der Waals surface area contributed by atoms with Crippen LogP contribution in [-0.4, -0.2) is 23.4 Å². The molecular formula is C12H20N4OS. The third kappa shape index (κ3) is 2.29. The molecule has 0 bridgehead atoms. The van der Waals surface area contributed by atoms with Crippen molar-refractivity contribution in [1.82, 2.24) is 4.37 Å². The summed E-state index contributed by atoms with van der Waals surface area (Å²) in [5.41, 5.74) is 11.7. The number of primary amides is 1. The van der Waals surface area contributed by atoms with E-state index in [1.54, 1.807) is 0 Å². The van der Waals surface area contributed by atoms with Crippen LogP contribution in [0.4, 0.5) is 10.8 Å². The maximum absolute atomic E-state index is 11.4. The van der Waals surface area contributed by atoms with Gasteiger partial charge in [-0.05, 0) is 29.3 Å². The van der Waals surface area contributed by atoms with Crippen LogP contribution in [-0.2, 0) is 0 Å². The summed E-state index contributed by atoms with van der Waals surface area (Å²) in [6.45, 7) is 8.61. The SMILES string of the molecule is CC(C)(C)C1CCN(c2snc(N)c2C(N)=O)C1. The normalized spacial score (nSPS) is 20.4. The quantitative estimate of drug-likeness (QED) is 0.855. The summed E-state index contributed by atoms with van der Waals surface area (Å²) in [7, 11) is 0. The fourth-order valence-electron chi connectivity index (χ4n) is 2.39. The maximum Gasteiger partial charge on any atom is 0.255 e. The van der Waals surface area contributed by atoms with E-state index in [1.165, 1.54) is 11.5 Å². The number of hydrogen-bond acceptors (Lipinski definition) is 5.